The van der Waals surface area contributed by atoms with Crippen LogP contribution >= 0.6 is 0 Å². The van der Waals surface area contributed by atoms with Crippen molar-refractivity contribution in [1.29, 1.82) is 0 Å². The van der Waals surface area contributed by atoms with Crippen molar-refractivity contribution in [2.75, 3.05) is 0 Å². The zero-order valence-corrected chi connectivity index (χ0v) is 15.5. The molecule has 3 heteroatoms. The average Bonchev–Trinajstić information content (AvgIpc) is 2.56. The highest BCUT2D eigenvalue weighted by atomic mass is 16.5. The molecule has 0 fully saturated rings. The first-order chi connectivity index (χ1) is 11.9. The molecule has 2 aromatic carbocycles. The van der Waals surface area contributed by atoms with Crippen LogP contribution in [0.25, 0.3) is 22.2 Å². The van der Waals surface area contributed by atoms with Crippen molar-refractivity contribution in [3.8, 4) is 22.8 Å². The van der Waals surface area contributed by atoms with Gasteiger partial charge in [-0.3, -0.25) is 0 Å². The number of nitrogens with zero attached hydrogens (tertiary/aromatic N) is 1. The summed E-state index contributed by atoms with van der Waals surface area (Å²) in [6, 6.07) is 16.3. The Kier molecular flexibility index (Phi) is 4.93. The number of para-hydroxylation sites is 1. The van der Waals surface area contributed by atoms with Crippen molar-refractivity contribution in [3.63, 3.8) is 0 Å². The summed E-state index contributed by atoms with van der Waals surface area (Å²) in [5.41, 5.74) is 4.03. The third kappa shape index (κ3) is 3.93. The molecular weight excluding hydrogens is 310 g/mol. The quantitative estimate of drug-likeness (QED) is 0.592. The van der Waals surface area contributed by atoms with E-state index in [9.17, 15) is 0 Å². The summed E-state index contributed by atoms with van der Waals surface area (Å²) in [5, 5.41) is 1.14. The second kappa shape index (κ2) is 7.14. The minimum absolute atomic E-state index is 0.102. The summed E-state index contributed by atoms with van der Waals surface area (Å²) in [7, 11) is 0. The average molecular weight is 335 g/mol. The molecule has 130 valence electrons. The molecule has 0 saturated carbocycles. The number of hydrogen-bond acceptors (Lipinski definition) is 3. The fraction of sp³-hybridized carbons (Fsp3) is 0.318. The second-order valence-electron chi connectivity index (χ2n) is 6.82. The van der Waals surface area contributed by atoms with E-state index in [1.807, 2.05) is 52.0 Å². The molecule has 3 nitrogen and oxygen atoms in total. The van der Waals surface area contributed by atoms with E-state index >= 15 is 0 Å². The maximum atomic E-state index is 6.01. The lowest BCUT2D eigenvalue weighted by Crippen LogP contribution is -2.09. The van der Waals surface area contributed by atoms with Crippen molar-refractivity contribution in [3.05, 3.63) is 54.1 Å². The van der Waals surface area contributed by atoms with Crippen LogP contribution in [0.15, 0.2) is 48.5 Å². The molecule has 0 aliphatic carbocycles. The van der Waals surface area contributed by atoms with Gasteiger partial charge in [-0.25, -0.2) is 4.98 Å². The zero-order chi connectivity index (χ0) is 18.0. The Morgan fingerprint density at radius 2 is 1.56 bits per heavy atom. The molecule has 1 heterocycles. The first-order valence-corrected chi connectivity index (χ1v) is 8.78. The Morgan fingerprint density at radius 3 is 2.28 bits per heavy atom. The Balaban J connectivity index is 2.14. The SMILES string of the molecule is Cc1c(OC(C)C)cc(OC(C)C)cc1-c1ccc2ccccc2n1. The lowest BCUT2D eigenvalue weighted by Gasteiger charge is -2.19. The van der Waals surface area contributed by atoms with Crippen LogP contribution in [0.1, 0.15) is 33.3 Å². The van der Waals surface area contributed by atoms with E-state index in [1.54, 1.807) is 0 Å². The summed E-state index contributed by atoms with van der Waals surface area (Å²) in [6.07, 6.45) is 0.206. The predicted octanol–water partition coefficient (Wildman–Crippen LogP) is 5.78. The molecular formula is C22H25NO2. The van der Waals surface area contributed by atoms with Gasteiger partial charge >= 0.3 is 0 Å². The summed E-state index contributed by atoms with van der Waals surface area (Å²) in [5.74, 6) is 1.65. The Hall–Kier alpha value is -2.55. The van der Waals surface area contributed by atoms with Gasteiger partial charge in [0.1, 0.15) is 11.5 Å². The van der Waals surface area contributed by atoms with Crippen LogP contribution in [0.4, 0.5) is 0 Å². The molecule has 0 aliphatic heterocycles. The van der Waals surface area contributed by atoms with Gasteiger partial charge in [0.15, 0.2) is 0 Å². The number of ether oxygens (including phenoxy) is 2. The van der Waals surface area contributed by atoms with Gasteiger partial charge in [-0.2, -0.15) is 0 Å². The molecule has 0 spiro atoms. The molecule has 0 N–H and O–H groups in total. The van der Waals surface area contributed by atoms with Gasteiger partial charge < -0.3 is 9.47 Å². The minimum atomic E-state index is 0.102. The molecule has 1 aromatic heterocycles. The van der Waals surface area contributed by atoms with Crippen LogP contribution in [0.5, 0.6) is 11.5 Å². The second-order valence-corrected chi connectivity index (χ2v) is 6.82. The van der Waals surface area contributed by atoms with Crippen molar-refractivity contribution in [2.45, 2.75) is 46.8 Å². The van der Waals surface area contributed by atoms with E-state index in [0.29, 0.717) is 0 Å². The highest BCUT2D eigenvalue weighted by molar-refractivity contribution is 5.82. The van der Waals surface area contributed by atoms with Crippen LogP contribution in [0, 0.1) is 6.92 Å². The van der Waals surface area contributed by atoms with E-state index in [4.69, 9.17) is 14.5 Å². The van der Waals surface area contributed by atoms with Gasteiger partial charge in [0, 0.05) is 22.6 Å². The molecule has 0 amide bonds. The van der Waals surface area contributed by atoms with E-state index in [0.717, 1.165) is 39.2 Å². The normalized spacial score (nSPS) is 11.3. The van der Waals surface area contributed by atoms with E-state index in [-0.39, 0.29) is 12.2 Å². The van der Waals surface area contributed by atoms with Crippen LogP contribution in [-0.4, -0.2) is 17.2 Å². The number of hydrogen-bond donors (Lipinski definition) is 0. The van der Waals surface area contributed by atoms with Crippen molar-refractivity contribution < 1.29 is 9.47 Å². The summed E-state index contributed by atoms with van der Waals surface area (Å²) < 4.78 is 11.9. The first kappa shape index (κ1) is 17.3. The van der Waals surface area contributed by atoms with Crippen molar-refractivity contribution in [1.82, 2.24) is 4.98 Å². The van der Waals surface area contributed by atoms with E-state index in [2.05, 4.69) is 31.2 Å². The maximum absolute atomic E-state index is 6.01. The zero-order valence-electron chi connectivity index (χ0n) is 15.5. The summed E-state index contributed by atoms with van der Waals surface area (Å²) in [4.78, 5) is 4.84. The fourth-order valence-electron chi connectivity index (χ4n) is 2.86. The van der Waals surface area contributed by atoms with Crippen LogP contribution < -0.4 is 9.47 Å². The number of aromatic nitrogens is 1. The molecule has 3 aromatic rings. The van der Waals surface area contributed by atoms with Gasteiger partial charge in [-0.15, -0.1) is 0 Å². The van der Waals surface area contributed by atoms with Gasteiger partial charge in [0.25, 0.3) is 0 Å². The van der Waals surface area contributed by atoms with E-state index in [1.165, 1.54) is 0 Å². The smallest absolute Gasteiger partial charge is 0.126 e. The molecule has 0 atom stereocenters. The number of fused-ring (bicyclic) bond motifs is 1. The minimum Gasteiger partial charge on any atom is -0.491 e. The van der Waals surface area contributed by atoms with Gasteiger partial charge in [0.2, 0.25) is 0 Å². The number of rotatable bonds is 5. The lowest BCUT2D eigenvalue weighted by atomic mass is 10.0. The highest BCUT2D eigenvalue weighted by Gasteiger charge is 2.14. The number of benzene rings is 2. The topological polar surface area (TPSA) is 31.4 Å². The predicted molar refractivity (Wildman–Crippen MR) is 103 cm³/mol. The molecule has 0 aliphatic rings. The molecule has 25 heavy (non-hydrogen) atoms. The van der Waals surface area contributed by atoms with Gasteiger partial charge in [-0.1, -0.05) is 24.3 Å². The monoisotopic (exact) mass is 335 g/mol. The Bertz CT molecular complexity index is 884. The van der Waals surface area contributed by atoms with Crippen LogP contribution in [0.2, 0.25) is 0 Å². The molecule has 3 rings (SSSR count). The Morgan fingerprint density at radius 1 is 0.840 bits per heavy atom. The Labute approximate surface area is 149 Å². The largest absolute Gasteiger partial charge is 0.491 e. The standard InChI is InChI=1S/C22H25NO2/c1-14(2)24-18-12-19(16(5)22(13-18)25-15(3)4)21-11-10-17-8-6-7-9-20(17)23-21/h6-15H,1-5H3. The van der Waals surface area contributed by atoms with Crippen molar-refractivity contribution >= 4 is 10.9 Å². The third-order valence-corrected chi connectivity index (χ3v) is 3.94. The molecule has 0 unspecified atom stereocenters. The third-order valence-electron chi connectivity index (χ3n) is 3.94. The number of pyridine rings is 1. The van der Waals surface area contributed by atoms with Gasteiger partial charge in [-0.05, 0) is 52.8 Å². The van der Waals surface area contributed by atoms with Crippen LogP contribution in [-0.2, 0) is 0 Å². The first-order valence-electron chi connectivity index (χ1n) is 8.78. The summed E-state index contributed by atoms with van der Waals surface area (Å²) >= 11 is 0. The van der Waals surface area contributed by atoms with Crippen LogP contribution in [0.3, 0.4) is 0 Å². The highest BCUT2D eigenvalue weighted by Crippen LogP contribution is 2.35. The van der Waals surface area contributed by atoms with E-state index < -0.39 is 0 Å². The molecule has 0 saturated heterocycles. The van der Waals surface area contributed by atoms with Crippen molar-refractivity contribution in [2.24, 2.45) is 0 Å². The summed E-state index contributed by atoms with van der Waals surface area (Å²) in [6.45, 7) is 10.2. The lowest BCUT2D eigenvalue weighted by molar-refractivity contribution is 0.228. The maximum Gasteiger partial charge on any atom is 0.126 e. The fourth-order valence-corrected chi connectivity index (χ4v) is 2.86. The van der Waals surface area contributed by atoms with Gasteiger partial charge in [0.05, 0.1) is 23.4 Å². The molecule has 0 bridgehead atoms. The molecule has 0 radical (unpaired) electrons.